The number of carboxylic acids is 1. The Bertz CT molecular complexity index is 435. The van der Waals surface area contributed by atoms with E-state index >= 15 is 0 Å². The Morgan fingerprint density at radius 2 is 1.58 bits per heavy atom. The molecule has 0 aromatic heterocycles. The Labute approximate surface area is 144 Å². The molecule has 0 aliphatic rings. The summed E-state index contributed by atoms with van der Waals surface area (Å²) in [5.41, 5.74) is -1.10. The molecule has 24 heavy (non-hydrogen) atoms. The van der Waals surface area contributed by atoms with Gasteiger partial charge >= 0.3 is 12.1 Å². The number of hydrogen-bond acceptors (Lipinski definition) is 4. The molecule has 3 N–H and O–H groups in total. The van der Waals surface area contributed by atoms with Crippen molar-refractivity contribution in [1.82, 2.24) is 10.6 Å². The van der Waals surface area contributed by atoms with Crippen molar-refractivity contribution in [3.8, 4) is 0 Å². The van der Waals surface area contributed by atoms with Crippen LogP contribution in [-0.2, 0) is 14.3 Å². The van der Waals surface area contributed by atoms with E-state index in [1.807, 2.05) is 20.8 Å². The first kappa shape index (κ1) is 22.2. The zero-order chi connectivity index (χ0) is 19.0. The second-order valence-corrected chi connectivity index (χ2v) is 7.94. The van der Waals surface area contributed by atoms with Gasteiger partial charge in [0.05, 0.1) is 0 Å². The highest BCUT2D eigenvalue weighted by Gasteiger charge is 2.33. The molecule has 0 aromatic carbocycles. The normalized spacial score (nSPS) is 13.1. The predicted molar refractivity (Wildman–Crippen MR) is 91.7 cm³/mol. The van der Waals surface area contributed by atoms with Gasteiger partial charge in [-0.25, -0.2) is 4.79 Å². The summed E-state index contributed by atoms with van der Waals surface area (Å²) >= 11 is 0. The van der Waals surface area contributed by atoms with E-state index in [9.17, 15) is 14.4 Å². The molecule has 0 fully saturated rings. The first-order chi connectivity index (χ1) is 10.8. The molecule has 0 heterocycles. The van der Waals surface area contributed by atoms with Gasteiger partial charge in [-0.1, -0.05) is 27.2 Å². The van der Waals surface area contributed by atoms with Crippen LogP contribution in [0.4, 0.5) is 4.79 Å². The van der Waals surface area contributed by atoms with Crippen molar-refractivity contribution in [3.05, 3.63) is 0 Å². The number of carbonyl (C=O) groups is 3. The van der Waals surface area contributed by atoms with E-state index in [2.05, 4.69) is 10.6 Å². The Balaban J connectivity index is 4.43. The van der Waals surface area contributed by atoms with Gasteiger partial charge in [-0.2, -0.15) is 0 Å². The molecule has 0 rings (SSSR count). The average molecular weight is 344 g/mol. The smallest absolute Gasteiger partial charge is 0.408 e. The average Bonchev–Trinajstić information content (AvgIpc) is 2.36. The minimum Gasteiger partial charge on any atom is -0.481 e. The molecule has 0 saturated heterocycles. The van der Waals surface area contributed by atoms with Crippen LogP contribution in [0.1, 0.15) is 67.2 Å². The SMILES string of the molecule is CC(C)(C)OC(=O)N[C@H](C(=O)NCCCCCC(=O)O)C(C)(C)C. The number of carbonyl (C=O) groups excluding carboxylic acids is 2. The number of rotatable bonds is 8. The Kier molecular flexibility index (Phi) is 8.78. The van der Waals surface area contributed by atoms with Gasteiger partial charge in [0.1, 0.15) is 11.6 Å². The molecule has 0 aliphatic heterocycles. The third-order valence-corrected chi connectivity index (χ3v) is 3.16. The van der Waals surface area contributed by atoms with Crippen molar-refractivity contribution >= 4 is 18.0 Å². The lowest BCUT2D eigenvalue weighted by molar-refractivity contribution is -0.137. The lowest BCUT2D eigenvalue weighted by Crippen LogP contribution is -2.54. The number of carboxylic acid groups (broad SMARTS) is 1. The van der Waals surface area contributed by atoms with Gasteiger partial charge in [-0.05, 0) is 39.0 Å². The highest BCUT2D eigenvalue weighted by atomic mass is 16.6. The van der Waals surface area contributed by atoms with E-state index in [1.54, 1.807) is 20.8 Å². The van der Waals surface area contributed by atoms with Crippen LogP contribution in [0.2, 0.25) is 0 Å². The molecule has 0 aliphatic carbocycles. The van der Waals surface area contributed by atoms with Gasteiger partial charge in [0.2, 0.25) is 5.91 Å². The van der Waals surface area contributed by atoms with Crippen LogP contribution in [0.25, 0.3) is 0 Å². The number of ether oxygens (including phenoxy) is 1. The van der Waals surface area contributed by atoms with Gasteiger partial charge in [0.15, 0.2) is 0 Å². The van der Waals surface area contributed by atoms with Crippen LogP contribution in [0.3, 0.4) is 0 Å². The fraction of sp³-hybridized carbons (Fsp3) is 0.824. The van der Waals surface area contributed by atoms with Gasteiger partial charge in [-0.3, -0.25) is 9.59 Å². The zero-order valence-corrected chi connectivity index (χ0v) is 15.7. The summed E-state index contributed by atoms with van der Waals surface area (Å²) in [4.78, 5) is 34.7. The standard InChI is InChI=1S/C17H32N2O5/c1-16(2,3)13(19-15(23)24-17(4,5)6)14(22)18-11-9-7-8-10-12(20)21/h13H,7-11H2,1-6H3,(H,18,22)(H,19,23)(H,20,21)/t13-/m1/s1. The van der Waals surface area contributed by atoms with Crippen molar-refractivity contribution in [2.24, 2.45) is 5.41 Å². The first-order valence-electron chi connectivity index (χ1n) is 8.32. The molecule has 0 saturated carbocycles. The topological polar surface area (TPSA) is 105 Å². The molecule has 0 unspecified atom stereocenters. The third-order valence-electron chi connectivity index (χ3n) is 3.16. The minimum absolute atomic E-state index is 0.138. The maximum absolute atomic E-state index is 12.4. The monoisotopic (exact) mass is 344 g/mol. The highest BCUT2D eigenvalue weighted by molar-refractivity contribution is 5.86. The number of amides is 2. The molecule has 2 amide bonds. The summed E-state index contributed by atoms with van der Waals surface area (Å²) in [6.07, 6.45) is 1.52. The van der Waals surface area contributed by atoms with Crippen molar-refractivity contribution in [1.29, 1.82) is 0 Å². The van der Waals surface area contributed by atoms with E-state index in [0.717, 1.165) is 6.42 Å². The van der Waals surface area contributed by atoms with Crippen LogP contribution >= 0.6 is 0 Å². The zero-order valence-electron chi connectivity index (χ0n) is 15.7. The van der Waals surface area contributed by atoms with Gasteiger partial charge in [0.25, 0.3) is 0 Å². The van der Waals surface area contributed by atoms with Gasteiger partial charge < -0.3 is 20.5 Å². The maximum Gasteiger partial charge on any atom is 0.408 e. The molecular formula is C17H32N2O5. The molecule has 0 spiro atoms. The summed E-state index contributed by atoms with van der Waals surface area (Å²) in [5, 5.41) is 14.0. The molecular weight excluding hydrogens is 312 g/mol. The van der Waals surface area contributed by atoms with Crippen LogP contribution in [0, 0.1) is 5.41 Å². The molecule has 7 heteroatoms. The number of unbranched alkanes of at least 4 members (excludes halogenated alkanes) is 2. The number of alkyl carbamates (subject to hydrolysis) is 1. The number of hydrogen-bond donors (Lipinski definition) is 3. The maximum atomic E-state index is 12.4. The minimum atomic E-state index is -0.812. The quantitative estimate of drug-likeness (QED) is 0.587. The molecule has 0 aromatic rings. The molecule has 7 nitrogen and oxygen atoms in total. The fourth-order valence-corrected chi connectivity index (χ4v) is 1.99. The van der Waals surface area contributed by atoms with Crippen molar-refractivity contribution in [2.45, 2.75) is 78.9 Å². The first-order valence-corrected chi connectivity index (χ1v) is 8.32. The van der Waals surface area contributed by atoms with E-state index in [-0.39, 0.29) is 12.3 Å². The van der Waals surface area contributed by atoms with E-state index in [1.165, 1.54) is 0 Å². The number of aliphatic carboxylic acids is 1. The molecule has 0 bridgehead atoms. The van der Waals surface area contributed by atoms with Gasteiger partial charge in [-0.15, -0.1) is 0 Å². The summed E-state index contributed by atoms with van der Waals surface area (Å²) in [7, 11) is 0. The van der Waals surface area contributed by atoms with Crippen LogP contribution in [0.5, 0.6) is 0 Å². The lowest BCUT2D eigenvalue weighted by atomic mass is 9.86. The van der Waals surface area contributed by atoms with Crippen LogP contribution in [-0.4, -0.2) is 41.3 Å². The van der Waals surface area contributed by atoms with Crippen LogP contribution in [0.15, 0.2) is 0 Å². The van der Waals surface area contributed by atoms with Crippen LogP contribution < -0.4 is 10.6 Å². The Morgan fingerprint density at radius 1 is 1.00 bits per heavy atom. The largest absolute Gasteiger partial charge is 0.481 e. The van der Waals surface area contributed by atoms with Crippen molar-refractivity contribution in [3.63, 3.8) is 0 Å². The second-order valence-electron chi connectivity index (χ2n) is 7.94. The van der Waals surface area contributed by atoms with Crippen molar-refractivity contribution in [2.75, 3.05) is 6.54 Å². The van der Waals surface area contributed by atoms with Crippen molar-refractivity contribution < 1.29 is 24.2 Å². The summed E-state index contributed by atoms with van der Waals surface area (Å²) in [5.74, 6) is -1.08. The Hall–Kier alpha value is -1.79. The summed E-state index contributed by atoms with van der Waals surface area (Å²) in [6, 6.07) is -0.716. The molecule has 140 valence electrons. The Morgan fingerprint density at radius 3 is 2.04 bits per heavy atom. The summed E-state index contributed by atoms with van der Waals surface area (Å²) < 4.78 is 5.21. The highest BCUT2D eigenvalue weighted by Crippen LogP contribution is 2.20. The molecule has 0 radical (unpaired) electrons. The lowest BCUT2D eigenvalue weighted by Gasteiger charge is -2.31. The fourth-order valence-electron chi connectivity index (χ4n) is 1.99. The van der Waals surface area contributed by atoms with E-state index in [0.29, 0.717) is 19.4 Å². The third kappa shape index (κ3) is 10.9. The van der Waals surface area contributed by atoms with E-state index in [4.69, 9.17) is 9.84 Å². The summed E-state index contributed by atoms with van der Waals surface area (Å²) in [6.45, 7) is 11.3. The second kappa shape index (κ2) is 9.49. The van der Waals surface area contributed by atoms with E-state index < -0.39 is 29.1 Å². The molecule has 1 atom stereocenters. The van der Waals surface area contributed by atoms with Gasteiger partial charge in [0, 0.05) is 13.0 Å². The predicted octanol–water partition coefficient (Wildman–Crippen LogP) is 2.69. The number of nitrogens with one attached hydrogen (secondary N) is 2.